The number of rotatable bonds is 5. The minimum absolute atomic E-state index is 0.0835. The number of halogens is 1. The fourth-order valence-electron chi connectivity index (χ4n) is 1.86. The van der Waals surface area contributed by atoms with Crippen molar-refractivity contribution >= 4 is 18.3 Å². The van der Waals surface area contributed by atoms with Crippen LogP contribution in [0, 0.1) is 13.8 Å². The second kappa shape index (κ2) is 6.68. The molecule has 0 aromatic heterocycles. The van der Waals surface area contributed by atoms with Gasteiger partial charge in [0.05, 0.1) is 0 Å². The van der Waals surface area contributed by atoms with E-state index in [2.05, 4.69) is 0 Å². The van der Waals surface area contributed by atoms with Gasteiger partial charge in [-0.3, -0.25) is 9.05 Å². The van der Waals surface area contributed by atoms with E-state index in [0.29, 0.717) is 0 Å². The highest BCUT2D eigenvalue weighted by molar-refractivity contribution is 7.92. The standard InChI is InChI=1S/C17H21ClO2P/c1-13(2)21(18,19-16-9-5-7-14(3)11-16)20-17-10-6-8-15(4)12-17/h5-13H,1-4H3/q+1. The molecular formula is C17H21ClO2P+. The Hall–Kier alpha value is -1.24. The summed E-state index contributed by atoms with van der Waals surface area (Å²) >= 11 is 6.71. The number of benzene rings is 2. The monoisotopic (exact) mass is 323 g/mol. The van der Waals surface area contributed by atoms with E-state index in [9.17, 15) is 0 Å². The molecule has 0 atom stereocenters. The molecule has 0 spiro atoms. The molecule has 112 valence electrons. The molecule has 0 heterocycles. The van der Waals surface area contributed by atoms with Gasteiger partial charge in [0, 0.05) is 0 Å². The van der Waals surface area contributed by atoms with Crippen molar-refractivity contribution in [2.75, 3.05) is 0 Å². The maximum absolute atomic E-state index is 6.71. The Morgan fingerprint density at radius 1 is 0.857 bits per heavy atom. The quantitative estimate of drug-likeness (QED) is 0.612. The molecule has 0 unspecified atom stereocenters. The molecule has 0 N–H and O–H groups in total. The summed E-state index contributed by atoms with van der Waals surface area (Å²) < 4.78 is 12.1. The number of hydrogen-bond donors (Lipinski definition) is 0. The van der Waals surface area contributed by atoms with Crippen molar-refractivity contribution in [3.05, 3.63) is 59.7 Å². The largest absolute Gasteiger partial charge is 0.462 e. The Balaban J connectivity index is 2.24. The summed E-state index contributed by atoms with van der Waals surface area (Å²) in [7, 11) is -2.55. The normalized spacial score (nSPS) is 11.5. The second-order valence-corrected chi connectivity index (χ2v) is 9.28. The van der Waals surface area contributed by atoms with E-state index in [1.165, 1.54) is 0 Å². The van der Waals surface area contributed by atoms with Crippen LogP contribution in [0.3, 0.4) is 0 Å². The maximum Gasteiger partial charge on any atom is 0.462 e. The fraction of sp³-hybridized carbons (Fsp3) is 0.294. The Bertz CT molecular complexity index is 566. The first-order valence-corrected chi connectivity index (χ1v) is 9.60. The van der Waals surface area contributed by atoms with Gasteiger partial charge in [-0.1, -0.05) is 24.3 Å². The van der Waals surface area contributed by atoms with Gasteiger partial charge in [-0.05, 0) is 63.1 Å². The third-order valence-corrected chi connectivity index (χ3v) is 6.79. The van der Waals surface area contributed by atoms with Crippen LogP contribution in [0.1, 0.15) is 25.0 Å². The summed E-state index contributed by atoms with van der Waals surface area (Å²) in [6, 6.07) is 15.7. The van der Waals surface area contributed by atoms with E-state index >= 15 is 0 Å². The van der Waals surface area contributed by atoms with Gasteiger partial charge in [-0.15, -0.1) is 0 Å². The van der Waals surface area contributed by atoms with Gasteiger partial charge in [0.15, 0.2) is 28.4 Å². The van der Waals surface area contributed by atoms with Crippen LogP contribution in [0.25, 0.3) is 0 Å². The van der Waals surface area contributed by atoms with Gasteiger partial charge in [-0.25, -0.2) is 0 Å². The predicted octanol–water partition coefficient (Wildman–Crippen LogP) is 6.17. The molecule has 0 aliphatic carbocycles. The van der Waals surface area contributed by atoms with Crippen molar-refractivity contribution in [1.29, 1.82) is 0 Å². The highest BCUT2D eigenvalue weighted by Crippen LogP contribution is 2.68. The number of aryl methyl sites for hydroxylation is 2. The third-order valence-electron chi connectivity index (χ3n) is 3.06. The maximum atomic E-state index is 6.71. The van der Waals surface area contributed by atoms with Crippen LogP contribution in [0.5, 0.6) is 11.5 Å². The molecule has 0 saturated heterocycles. The zero-order valence-corrected chi connectivity index (χ0v) is 14.5. The van der Waals surface area contributed by atoms with Gasteiger partial charge in [0.1, 0.15) is 0 Å². The molecule has 0 radical (unpaired) electrons. The van der Waals surface area contributed by atoms with Crippen molar-refractivity contribution in [2.45, 2.75) is 33.4 Å². The third kappa shape index (κ3) is 4.36. The summed E-state index contributed by atoms with van der Waals surface area (Å²) in [5.74, 6) is 1.50. The first-order chi connectivity index (χ1) is 9.89. The van der Waals surface area contributed by atoms with Crippen LogP contribution in [-0.2, 0) is 0 Å². The average molecular weight is 324 g/mol. The lowest BCUT2D eigenvalue weighted by Gasteiger charge is -2.20. The van der Waals surface area contributed by atoms with Crippen LogP contribution in [0.4, 0.5) is 0 Å². The molecular weight excluding hydrogens is 303 g/mol. The van der Waals surface area contributed by atoms with Crippen molar-refractivity contribution < 1.29 is 9.05 Å². The minimum atomic E-state index is -2.55. The summed E-state index contributed by atoms with van der Waals surface area (Å²) in [4.78, 5) is 0. The highest BCUT2D eigenvalue weighted by atomic mass is 35.7. The van der Waals surface area contributed by atoms with Crippen LogP contribution in [0.2, 0.25) is 0 Å². The number of hydrogen-bond acceptors (Lipinski definition) is 2. The average Bonchev–Trinajstić information content (AvgIpc) is 2.38. The van der Waals surface area contributed by atoms with E-state index in [4.69, 9.17) is 20.3 Å². The molecule has 4 heteroatoms. The summed E-state index contributed by atoms with van der Waals surface area (Å²) in [6.07, 6.45) is 0. The zero-order chi connectivity index (χ0) is 15.5. The summed E-state index contributed by atoms with van der Waals surface area (Å²) in [5.41, 5.74) is 2.35. The van der Waals surface area contributed by atoms with Crippen molar-refractivity contribution in [3.8, 4) is 11.5 Å². The molecule has 0 amide bonds. The van der Waals surface area contributed by atoms with Crippen molar-refractivity contribution in [2.24, 2.45) is 0 Å². The van der Waals surface area contributed by atoms with E-state index in [1.54, 1.807) is 0 Å². The van der Waals surface area contributed by atoms with Gasteiger partial charge in [0.25, 0.3) is 0 Å². The lowest BCUT2D eigenvalue weighted by atomic mass is 10.2. The predicted molar refractivity (Wildman–Crippen MR) is 91.5 cm³/mol. The molecule has 0 aliphatic heterocycles. The summed E-state index contributed by atoms with van der Waals surface area (Å²) in [6.45, 7) is 8.09. The summed E-state index contributed by atoms with van der Waals surface area (Å²) in [5, 5.41) is 0. The van der Waals surface area contributed by atoms with Gasteiger partial charge >= 0.3 is 7.07 Å². The lowest BCUT2D eigenvalue weighted by molar-refractivity contribution is 0.470. The first-order valence-electron chi connectivity index (χ1n) is 7.00. The molecule has 0 bridgehead atoms. The zero-order valence-electron chi connectivity index (χ0n) is 12.8. The molecule has 2 nitrogen and oxygen atoms in total. The van der Waals surface area contributed by atoms with Gasteiger partial charge in [0.2, 0.25) is 0 Å². The second-order valence-electron chi connectivity index (χ2n) is 5.43. The van der Waals surface area contributed by atoms with Crippen molar-refractivity contribution in [3.63, 3.8) is 0 Å². The Morgan fingerprint density at radius 3 is 1.62 bits per heavy atom. The smallest absolute Gasteiger partial charge is 0.291 e. The SMILES string of the molecule is Cc1cccc(O[P+](Cl)(Oc2cccc(C)c2)C(C)C)c1. The Morgan fingerprint density at radius 2 is 1.29 bits per heavy atom. The lowest BCUT2D eigenvalue weighted by Crippen LogP contribution is -2.13. The van der Waals surface area contributed by atoms with E-state index in [0.717, 1.165) is 22.6 Å². The Kier molecular flexibility index (Phi) is 5.13. The molecule has 2 aromatic rings. The van der Waals surface area contributed by atoms with E-state index < -0.39 is 7.07 Å². The molecule has 0 fully saturated rings. The molecule has 2 rings (SSSR count). The minimum Gasteiger partial charge on any atom is -0.291 e. The van der Waals surface area contributed by atoms with Crippen molar-refractivity contribution in [1.82, 2.24) is 0 Å². The molecule has 0 aliphatic rings. The van der Waals surface area contributed by atoms with E-state index in [1.807, 2.05) is 76.2 Å². The van der Waals surface area contributed by atoms with Crippen LogP contribution < -0.4 is 9.05 Å². The van der Waals surface area contributed by atoms with Crippen LogP contribution >= 0.6 is 18.3 Å². The fourth-order valence-corrected chi connectivity index (χ4v) is 3.60. The molecule has 21 heavy (non-hydrogen) atoms. The van der Waals surface area contributed by atoms with Gasteiger partial charge < -0.3 is 0 Å². The van der Waals surface area contributed by atoms with Crippen LogP contribution in [-0.4, -0.2) is 5.66 Å². The van der Waals surface area contributed by atoms with Gasteiger partial charge in [-0.2, -0.15) is 0 Å². The first kappa shape index (κ1) is 16.1. The topological polar surface area (TPSA) is 18.5 Å². The van der Waals surface area contributed by atoms with Crippen LogP contribution in [0.15, 0.2) is 48.5 Å². The van der Waals surface area contributed by atoms with E-state index in [-0.39, 0.29) is 5.66 Å². The Labute approximate surface area is 132 Å². The highest BCUT2D eigenvalue weighted by Gasteiger charge is 2.48. The molecule has 2 aromatic carbocycles. The molecule has 0 saturated carbocycles.